The molecule has 7 heteroatoms. The van der Waals surface area contributed by atoms with E-state index in [1.807, 2.05) is 18.2 Å². The minimum atomic E-state index is 0.288. The second-order valence-corrected chi connectivity index (χ2v) is 7.13. The van der Waals surface area contributed by atoms with Crippen LogP contribution in [0.4, 0.5) is 5.69 Å². The van der Waals surface area contributed by atoms with E-state index in [0.29, 0.717) is 29.7 Å². The Morgan fingerprint density at radius 1 is 1.21 bits per heavy atom. The molecule has 0 radical (unpaired) electrons. The lowest BCUT2D eigenvalue weighted by molar-refractivity contribution is -0.0212. The van der Waals surface area contributed by atoms with Crippen molar-refractivity contribution >= 4 is 11.6 Å². The highest BCUT2D eigenvalue weighted by molar-refractivity contribution is 5.94. The zero-order valence-corrected chi connectivity index (χ0v) is 17.4. The van der Waals surface area contributed by atoms with Gasteiger partial charge in [-0.05, 0) is 30.2 Å². The number of nitrogens with zero attached hydrogens (tertiary/aromatic N) is 2. The molecule has 1 heterocycles. The standard InChI is InChI=1S/C22H30N4O3/c1-16-14-26(9-10-29-16)15-18-6-4-5-17(11-18)13-24-22(23)25-20-12-19(27-2)7-8-21(20)28-3/h4-8,11-12,16H,9-10,13-15H2,1-3H3,(H3,23,24,25). The van der Waals surface area contributed by atoms with Crippen LogP contribution in [0, 0.1) is 0 Å². The van der Waals surface area contributed by atoms with E-state index in [1.165, 1.54) is 5.56 Å². The van der Waals surface area contributed by atoms with Crippen LogP contribution in [0.25, 0.3) is 0 Å². The summed E-state index contributed by atoms with van der Waals surface area (Å²) in [7, 11) is 3.23. The van der Waals surface area contributed by atoms with Crippen molar-refractivity contribution in [2.45, 2.75) is 26.1 Å². The summed E-state index contributed by atoms with van der Waals surface area (Å²) in [6.45, 7) is 6.25. The van der Waals surface area contributed by atoms with Gasteiger partial charge in [-0.15, -0.1) is 0 Å². The minimum absolute atomic E-state index is 0.288. The Kier molecular flexibility index (Phi) is 7.32. The highest BCUT2D eigenvalue weighted by Gasteiger charge is 2.16. The summed E-state index contributed by atoms with van der Waals surface area (Å²) in [5.74, 6) is 1.71. The quantitative estimate of drug-likeness (QED) is 0.551. The van der Waals surface area contributed by atoms with Crippen LogP contribution in [0.3, 0.4) is 0 Å². The van der Waals surface area contributed by atoms with Gasteiger partial charge in [-0.25, -0.2) is 4.99 Å². The number of nitrogens with one attached hydrogen (secondary N) is 1. The van der Waals surface area contributed by atoms with E-state index < -0.39 is 0 Å². The summed E-state index contributed by atoms with van der Waals surface area (Å²) >= 11 is 0. The number of guanidine groups is 1. The number of morpholine rings is 1. The van der Waals surface area contributed by atoms with Gasteiger partial charge in [-0.3, -0.25) is 4.90 Å². The predicted octanol–water partition coefficient (Wildman–Crippen LogP) is 2.85. The molecule has 0 aromatic heterocycles. The van der Waals surface area contributed by atoms with Crippen LogP contribution in [-0.2, 0) is 17.8 Å². The molecule has 2 aromatic carbocycles. The van der Waals surface area contributed by atoms with E-state index in [9.17, 15) is 0 Å². The van der Waals surface area contributed by atoms with E-state index in [0.717, 1.165) is 31.8 Å². The maximum atomic E-state index is 6.09. The minimum Gasteiger partial charge on any atom is -0.497 e. The molecule has 0 saturated carbocycles. The van der Waals surface area contributed by atoms with Crippen molar-refractivity contribution in [3.63, 3.8) is 0 Å². The van der Waals surface area contributed by atoms with Crippen LogP contribution < -0.4 is 20.5 Å². The molecule has 0 amide bonds. The van der Waals surface area contributed by atoms with Crippen molar-refractivity contribution in [1.82, 2.24) is 4.90 Å². The van der Waals surface area contributed by atoms with Crippen LogP contribution in [0.5, 0.6) is 11.5 Å². The number of aliphatic imine (C=N–C) groups is 1. The van der Waals surface area contributed by atoms with Crippen LogP contribution >= 0.6 is 0 Å². The summed E-state index contributed by atoms with van der Waals surface area (Å²) in [4.78, 5) is 6.89. The van der Waals surface area contributed by atoms with Crippen molar-refractivity contribution in [3.8, 4) is 11.5 Å². The highest BCUT2D eigenvalue weighted by atomic mass is 16.5. The maximum Gasteiger partial charge on any atom is 0.193 e. The molecule has 2 aromatic rings. The lowest BCUT2D eigenvalue weighted by atomic mass is 10.1. The number of nitrogens with two attached hydrogens (primary N) is 1. The Balaban J connectivity index is 1.62. The van der Waals surface area contributed by atoms with E-state index in [2.05, 4.69) is 46.4 Å². The first kappa shape index (κ1) is 21.0. The van der Waals surface area contributed by atoms with E-state index in [1.54, 1.807) is 14.2 Å². The fourth-order valence-corrected chi connectivity index (χ4v) is 3.38. The number of hydrogen-bond acceptors (Lipinski definition) is 5. The van der Waals surface area contributed by atoms with Gasteiger partial charge in [0.05, 0.1) is 39.2 Å². The summed E-state index contributed by atoms with van der Waals surface area (Å²) < 4.78 is 16.2. The molecule has 1 unspecified atom stereocenters. The number of rotatable bonds is 7. The molecular formula is C22H30N4O3. The molecule has 0 spiro atoms. The van der Waals surface area contributed by atoms with Gasteiger partial charge < -0.3 is 25.3 Å². The normalized spacial score (nSPS) is 17.8. The number of hydrogen-bond donors (Lipinski definition) is 2. The molecule has 1 atom stereocenters. The largest absolute Gasteiger partial charge is 0.497 e. The molecule has 3 N–H and O–H groups in total. The van der Waals surface area contributed by atoms with E-state index >= 15 is 0 Å². The fourth-order valence-electron chi connectivity index (χ4n) is 3.38. The Hall–Kier alpha value is -2.77. The summed E-state index contributed by atoms with van der Waals surface area (Å²) in [6, 6.07) is 13.9. The van der Waals surface area contributed by atoms with Gasteiger partial charge in [0, 0.05) is 25.7 Å². The molecule has 3 rings (SSSR count). The van der Waals surface area contributed by atoms with E-state index in [4.69, 9.17) is 19.9 Å². The number of anilines is 1. The fraction of sp³-hybridized carbons (Fsp3) is 0.409. The summed E-state index contributed by atoms with van der Waals surface area (Å²) in [5.41, 5.74) is 9.19. The maximum absolute atomic E-state index is 6.09. The van der Waals surface area contributed by atoms with Crippen LogP contribution in [0.2, 0.25) is 0 Å². The average Bonchev–Trinajstić information content (AvgIpc) is 2.72. The first-order chi connectivity index (χ1) is 14.1. The molecule has 0 aliphatic carbocycles. The molecule has 7 nitrogen and oxygen atoms in total. The molecule has 1 fully saturated rings. The number of methoxy groups -OCH3 is 2. The Morgan fingerprint density at radius 3 is 2.79 bits per heavy atom. The van der Waals surface area contributed by atoms with Gasteiger partial charge in [0.1, 0.15) is 11.5 Å². The second-order valence-electron chi connectivity index (χ2n) is 7.13. The van der Waals surface area contributed by atoms with Crippen molar-refractivity contribution in [1.29, 1.82) is 0 Å². The number of benzene rings is 2. The third-order valence-electron chi connectivity index (χ3n) is 4.82. The third-order valence-corrected chi connectivity index (χ3v) is 4.82. The first-order valence-electron chi connectivity index (χ1n) is 9.78. The van der Waals surface area contributed by atoms with Crippen LogP contribution in [-0.4, -0.2) is 50.9 Å². The first-order valence-corrected chi connectivity index (χ1v) is 9.78. The monoisotopic (exact) mass is 398 g/mol. The topological polar surface area (TPSA) is 81.3 Å². The van der Waals surface area contributed by atoms with Gasteiger partial charge >= 0.3 is 0 Å². The van der Waals surface area contributed by atoms with Crippen LogP contribution in [0.1, 0.15) is 18.1 Å². The summed E-state index contributed by atoms with van der Waals surface area (Å²) in [6.07, 6.45) is 0.288. The van der Waals surface area contributed by atoms with Crippen molar-refractivity contribution in [2.75, 3.05) is 39.2 Å². The predicted molar refractivity (Wildman–Crippen MR) is 116 cm³/mol. The van der Waals surface area contributed by atoms with Gasteiger partial charge in [0.2, 0.25) is 0 Å². The second kappa shape index (κ2) is 10.1. The highest BCUT2D eigenvalue weighted by Crippen LogP contribution is 2.28. The Labute approximate surface area is 172 Å². The van der Waals surface area contributed by atoms with Crippen LogP contribution in [0.15, 0.2) is 47.5 Å². The molecule has 29 heavy (non-hydrogen) atoms. The smallest absolute Gasteiger partial charge is 0.193 e. The SMILES string of the molecule is COc1ccc(OC)c(NC(N)=NCc2cccc(CN3CCOC(C)C3)c2)c1. The van der Waals surface area contributed by atoms with Crippen molar-refractivity contribution < 1.29 is 14.2 Å². The van der Waals surface area contributed by atoms with Gasteiger partial charge in [0.25, 0.3) is 0 Å². The van der Waals surface area contributed by atoms with Gasteiger partial charge in [0.15, 0.2) is 5.96 Å². The van der Waals surface area contributed by atoms with Gasteiger partial charge in [-0.1, -0.05) is 24.3 Å². The van der Waals surface area contributed by atoms with Gasteiger partial charge in [-0.2, -0.15) is 0 Å². The molecule has 1 aliphatic heterocycles. The van der Waals surface area contributed by atoms with Crippen molar-refractivity contribution in [2.24, 2.45) is 10.7 Å². The Bertz CT molecular complexity index is 841. The Morgan fingerprint density at radius 2 is 2.03 bits per heavy atom. The van der Waals surface area contributed by atoms with E-state index in [-0.39, 0.29) is 6.10 Å². The molecule has 1 aliphatic rings. The molecule has 156 valence electrons. The zero-order chi connectivity index (χ0) is 20.6. The lowest BCUT2D eigenvalue weighted by Gasteiger charge is -2.31. The molecule has 0 bridgehead atoms. The molecular weight excluding hydrogens is 368 g/mol. The zero-order valence-electron chi connectivity index (χ0n) is 17.4. The lowest BCUT2D eigenvalue weighted by Crippen LogP contribution is -2.40. The third kappa shape index (κ3) is 6.10. The molecule has 1 saturated heterocycles. The average molecular weight is 399 g/mol. The van der Waals surface area contributed by atoms with Crippen molar-refractivity contribution in [3.05, 3.63) is 53.6 Å². The summed E-state index contributed by atoms with van der Waals surface area (Å²) in [5, 5.41) is 3.09. The number of ether oxygens (including phenoxy) is 3.